The van der Waals surface area contributed by atoms with Crippen molar-refractivity contribution in [1.82, 2.24) is 20.1 Å². The second kappa shape index (κ2) is 11.9. The Morgan fingerprint density at radius 3 is 2.69 bits per heavy atom. The summed E-state index contributed by atoms with van der Waals surface area (Å²) in [7, 11) is 1.62. The summed E-state index contributed by atoms with van der Waals surface area (Å²) in [5, 5.41) is 13.2. The van der Waals surface area contributed by atoms with Gasteiger partial charge in [0, 0.05) is 35.7 Å². The first-order valence-corrected chi connectivity index (χ1v) is 12.7. The monoisotopic (exact) mass is 506 g/mol. The van der Waals surface area contributed by atoms with Crippen LogP contribution < -0.4 is 10.1 Å². The van der Waals surface area contributed by atoms with E-state index >= 15 is 0 Å². The Kier molecular flexibility index (Phi) is 8.45. The lowest BCUT2D eigenvalue weighted by atomic mass is 10.2. The fraction of sp³-hybridized carbons (Fsp3) is 0.222. The van der Waals surface area contributed by atoms with Crippen molar-refractivity contribution in [2.45, 2.75) is 37.2 Å². The number of thioether (sulfide) groups is 1. The molecule has 1 aromatic heterocycles. The van der Waals surface area contributed by atoms with Gasteiger partial charge < -0.3 is 10.1 Å². The van der Waals surface area contributed by atoms with Crippen molar-refractivity contribution in [1.29, 1.82) is 0 Å². The third-order valence-corrected chi connectivity index (χ3v) is 6.70. The summed E-state index contributed by atoms with van der Waals surface area (Å²) in [6.45, 7) is 2.49. The van der Waals surface area contributed by atoms with Crippen LogP contribution in [0.1, 0.15) is 28.9 Å². The molecule has 0 saturated heterocycles. The number of nitrogens with zero attached hydrogens (tertiary/aromatic N) is 3. The summed E-state index contributed by atoms with van der Waals surface area (Å²) in [6.07, 6.45) is 0.735. The molecule has 1 N–H and O–H groups in total. The van der Waals surface area contributed by atoms with Gasteiger partial charge in [0.05, 0.1) is 12.8 Å². The molecule has 3 aromatic carbocycles. The number of nitrogens with one attached hydrogen (secondary N) is 1. The zero-order valence-corrected chi connectivity index (χ0v) is 21.3. The van der Waals surface area contributed by atoms with Gasteiger partial charge >= 0.3 is 0 Å². The molecule has 0 aliphatic heterocycles. The number of benzene rings is 3. The van der Waals surface area contributed by atoms with Crippen LogP contribution in [0.15, 0.2) is 78.0 Å². The van der Waals surface area contributed by atoms with Crippen molar-refractivity contribution in [3.05, 3.63) is 100 Å². The van der Waals surface area contributed by atoms with E-state index in [1.807, 2.05) is 53.1 Å². The second-order valence-corrected chi connectivity index (χ2v) is 9.46. The SMILES string of the molecule is COc1ccccc1CNC(=O)CCc1nnc(SCc2cccc(C)c2)n1-c1cccc(Cl)c1. The summed E-state index contributed by atoms with van der Waals surface area (Å²) in [6, 6.07) is 23.6. The Hall–Kier alpha value is -3.29. The lowest BCUT2D eigenvalue weighted by Gasteiger charge is -2.12. The fourth-order valence-corrected chi connectivity index (χ4v) is 4.83. The Morgan fingerprint density at radius 2 is 1.89 bits per heavy atom. The minimum atomic E-state index is -0.0643. The minimum Gasteiger partial charge on any atom is -0.496 e. The average molecular weight is 507 g/mol. The number of aryl methyl sites for hydroxylation is 2. The second-order valence-electron chi connectivity index (χ2n) is 8.08. The number of carbonyl (C=O) groups excluding carboxylic acids is 1. The number of aromatic nitrogens is 3. The third kappa shape index (κ3) is 6.65. The van der Waals surface area contributed by atoms with Crippen LogP contribution in [0.25, 0.3) is 5.69 Å². The minimum absolute atomic E-state index is 0.0643. The molecule has 8 heteroatoms. The molecule has 0 aliphatic carbocycles. The predicted octanol–water partition coefficient (Wildman–Crippen LogP) is 5.78. The van der Waals surface area contributed by atoms with E-state index in [1.165, 1.54) is 11.1 Å². The third-order valence-electron chi connectivity index (χ3n) is 5.46. The summed E-state index contributed by atoms with van der Waals surface area (Å²) < 4.78 is 7.35. The molecule has 0 radical (unpaired) electrons. The Morgan fingerprint density at radius 1 is 1.06 bits per heavy atom. The van der Waals surface area contributed by atoms with Gasteiger partial charge in [-0.15, -0.1) is 10.2 Å². The molecule has 180 valence electrons. The summed E-state index contributed by atoms with van der Waals surface area (Å²) >= 11 is 7.88. The van der Waals surface area contributed by atoms with Crippen LogP contribution in [0.5, 0.6) is 5.75 Å². The van der Waals surface area contributed by atoms with Crippen LogP contribution in [0, 0.1) is 6.92 Å². The highest BCUT2D eigenvalue weighted by atomic mass is 35.5. The van der Waals surface area contributed by atoms with Crippen molar-refractivity contribution >= 4 is 29.3 Å². The predicted molar refractivity (Wildman–Crippen MR) is 140 cm³/mol. The van der Waals surface area contributed by atoms with E-state index in [0.717, 1.165) is 27.9 Å². The number of methoxy groups -OCH3 is 1. The molecular formula is C27H27ClN4O2S. The van der Waals surface area contributed by atoms with E-state index in [0.29, 0.717) is 23.8 Å². The van der Waals surface area contributed by atoms with Crippen molar-refractivity contribution < 1.29 is 9.53 Å². The zero-order valence-electron chi connectivity index (χ0n) is 19.7. The van der Waals surface area contributed by atoms with Gasteiger partial charge in [-0.05, 0) is 36.8 Å². The van der Waals surface area contributed by atoms with Gasteiger partial charge in [0.2, 0.25) is 5.91 Å². The normalized spacial score (nSPS) is 10.8. The number of ether oxygens (including phenoxy) is 1. The van der Waals surface area contributed by atoms with Gasteiger partial charge in [0.1, 0.15) is 11.6 Å². The number of hydrogen-bond donors (Lipinski definition) is 1. The van der Waals surface area contributed by atoms with Crippen molar-refractivity contribution in [2.75, 3.05) is 7.11 Å². The molecule has 0 fully saturated rings. The zero-order chi connectivity index (χ0) is 24.6. The molecule has 6 nitrogen and oxygen atoms in total. The molecule has 0 atom stereocenters. The Balaban J connectivity index is 1.47. The highest BCUT2D eigenvalue weighted by molar-refractivity contribution is 7.98. The molecule has 0 bridgehead atoms. The van der Waals surface area contributed by atoms with E-state index in [2.05, 4.69) is 46.7 Å². The van der Waals surface area contributed by atoms with Gasteiger partial charge in [-0.3, -0.25) is 9.36 Å². The van der Waals surface area contributed by atoms with E-state index in [1.54, 1.807) is 18.9 Å². The van der Waals surface area contributed by atoms with Crippen molar-refractivity contribution in [3.8, 4) is 11.4 Å². The maximum atomic E-state index is 12.6. The van der Waals surface area contributed by atoms with Crippen LogP contribution in [0.2, 0.25) is 5.02 Å². The van der Waals surface area contributed by atoms with Gasteiger partial charge in [0.25, 0.3) is 0 Å². The molecule has 0 unspecified atom stereocenters. The number of carbonyl (C=O) groups is 1. The first-order chi connectivity index (χ1) is 17.0. The van der Waals surface area contributed by atoms with E-state index in [-0.39, 0.29) is 12.3 Å². The topological polar surface area (TPSA) is 69.0 Å². The lowest BCUT2D eigenvalue weighted by molar-refractivity contribution is -0.121. The highest BCUT2D eigenvalue weighted by Crippen LogP contribution is 2.27. The van der Waals surface area contributed by atoms with Gasteiger partial charge in [0.15, 0.2) is 5.16 Å². The molecule has 1 amide bonds. The molecule has 4 aromatic rings. The van der Waals surface area contributed by atoms with Gasteiger partial charge in [-0.1, -0.05) is 77.5 Å². The van der Waals surface area contributed by atoms with Gasteiger partial charge in [-0.2, -0.15) is 0 Å². The molecule has 0 spiro atoms. The quantitative estimate of drug-likeness (QED) is 0.276. The van der Waals surface area contributed by atoms with Crippen LogP contribution in [0.4, 0.5) is 0 Å². The molecule has 4 rings (SSSR count). The first kappa shape index (κ1) is 24.8. The number of para-hydroxylation sites is 1. The van der Waals surface area contributed by atoms with Crippen LogP contribution in [-0.4, -0.2) is 27.8 Å². The van der Waals surface area contributed by atoms with Gasteiger partial charge in [-0.25, -0.2) is 0 Å². The average Bonchev–Trinajstić information content (AvgIpc) is 3.28. The Labute approximate surface area is 214 Å². The van der Waals surface area contributed by atoms with Crippen LogP contribution in [0.3, 0.4) is 0 Å². The van der Waals surface area contributed by atoms with E-state index in [9.17, 15) is 4.79 Å². The molecular weight excluding hydrogens is 480 g/mol. The highest BCUT2D eigenvalue weighted by Gasteiger charge is 2.16. The maximum absolute atomic E-state index is 12.6. The molecule has 0 saturated carbocycles. The van der Waals surface area contributed by atoms with E-state index in [4.69, 9.17) is 16.3 Å². The summed E-state index contributed by atoms with van der Waals surface area (Å²) in [5.41, 5.74) is 4.24. The number of hydrogen-bond acceptors (Lipinski definition) is 5. The number of amides is 1. The van der Waals surface area contributed by atoms with Crippen LogP contribution >= 0.6 is 23.4 Å². The van der Waals surface area contributed by atoms with E-state index < -0.39 is 0 Å². The lowest BCUT2D eigenvalue weighted by Crippen LogP contribution is -2.23. The molecule has 0 aliphatic rings. The van der Waals surface area contributed by atoms with Crippen molar-refractivity contribution in [2.24, 2.45) is 0 Å². The number of rotatable bonds is 10. The van der Waals surface area contributed by atoms with Crippen molar-refractivity contribution in [3.63, 3.8) is 0 Å². The first-order valence-electron chi connectivity index (χ1n) is 11.3. The smallest absolute Gasteiger partial charge is 0.220 e. The Bertz CT molecular complexity index is 1310. The maximum Gasteiger partial charge on any atom is 0.220 e. The summed E-state index contributed by atoms with van der Waals surface area (Å²) in [5.74, 6) is 2.17. The molecule has 35 heavy (non-hydrogen) atoms. The fourth-order valence-electron chi connectivity index (χ4n) is 3.74. The number of halogens is 1. The molecule has 1 heterocycles. The summed E-state index contributed by atoms with van der Waals surface area (Å²) in [4.78, 5) is 12.6. The van der Waals surface area contributed by atoms with Crippen LogP contribution in [-0.2, 0) is 23.5 Å². The largest absolute Gasteiger partial charge is 0.496 e. The standard InChI is InChI=1S/C27H27ClN4O2S/c1-19-7-5-8-20(15-19)18-35-27-31-30-25(32(27)23-11-6-10-22(28)16-23)13-14-26(33)29-17-21-9-3-4-12-24(21)34-2/h3-12,15-16H,13-14,17-18H2,1-2H3,(H,29,33).